The van der Waals surface area contributed by atoms with E-state index in [2.05, 4.69) is 58.2 Å². The zero-order chi connectivity index (χ0) is 54.9. The van der Waals surface area contributed by atoms with Crippen molar-refractivity contribution in [1.82, 2.24) is 58.2 Å². The molecule has 3 aromatic rings. The zero-order valence-corrected chi connectivity index (χ0v) is 42.5. The van der Waals surface area contributed by atoms with Crippen LogP contribution in [0.5, 0.6) is 0 Å². The van der Waals surface area contributed by atoms with Crippen molar-refractivity contribution in [1.29, 1.82) is 10.8 Å². The fourth-order valence-electron chi connectivity index (χ4n) is 8.39. The predicted molar refractivity (Wildman–Crippen MR) is 280 cm³/mol. The lowest BCUT2D eigenvalue weighted by atomic mass is 10.0. The van der Waals surface area contributed by atoms with Gasteiger partial charge in [0.1, 0.15) is 42.3 Å². The van der Waals surface area contributed by atoms with E-state index in [0.29, 0.717) is 24.0 Å². The number of rotatable bonds is 19. The van der Waals surface area contributed by atoms with Gasteiger partial charge in [-0.2, -0.15) is 0 Å². The smallest absolute Gasteiger partial charge is 0.243 e. The van der Waals surface area contributed by atoms with E-state index >= 15 is 0 Å². The third-order valence-corrected chi connectivity index (χ3v) is 12.3. The van der Waals surface area contributed by atoms with Gasteiger partial charge in [0.05, 0.1) is 6.42 Å². The molecule has 2 heterocycles. The fraction of sp³-hybridized carbons (Fsp3) is 0.500. The van der Waals surface area contributed by atoms with Gasteiger partial charge in [0, 0.05) is 56.5 Å². The summed E-state index contributed by atoms with van der Waals surface area (Å²) in [4.78, 5) is 128. The molecule has 0 bridgehead atoms. The summed E-state index contributed by atoms with van der Waals surface area (Å²) in [6.45, 7) is 3.42. The predicted octanol–water partition coefficient (Wildman–Crippen LogP) is -1.74. The molecule has 25 nitrogen and oxygen atoms in total. The highest BCUT2D eigenvalue weighted by atomic mass is 16.2. The number of aromatic nitrogens is 1. The van der Waals surface area contributed by atoms with Crippen molar-refractivity contribution in [3.05, 3.63) is 71.9 Å². The summed E-state index contributed by atoms with van der Waals surface area (Å²) in [5, 5.41) is 42.6. The second-order valence-corrected chi connectivity index (χ2v) is 18.4. The van der Waals surface area contributed by atoms with Crippen LogP contribution < -0.4 is 70.4 Å². The Morgan fingerprint density at radius 3 is 1.91 bits per heavy atom. The molecule has 75 heavy (non-hydrogen) atoms. The van der Waals surface area contributed by atoms with E-state index in [1.807, 2.05) is 31.2 Å². The van der Waals surface area contributed by atoms with Crippen LogP contribution in [0.2, 0.25) is 0 Å². The topological polar surface area (TPSA) is 415 Å². The molecule has 9 amide bonds. The number of H-pyrrole nitrogens is 1. The van der Waals surface area contributed by atoms with E-state index in [0.717, 1.165) is 10.9 Å². The number of nitrogens with two attached hydrogens (primary N) is 3. The molecule has 4 rings (SSSR count). The summed E-state index contributed by atoms with van der Waals surface area (Å²) in [7, 11) is 0. The van der Waals surface area contributed by atoms with Crippen molar-refractivity contribution in [2.24, 2.45) is 17.2 Å². The summed E-state index contributed by atoms with van der Waals surface area (Å²) >= 11 is 0. The van der Waals surface area contributed by atoms with Crippen LogP contribution in [0.4, 0.5) is 0 Å². The minimum Gasteiger partial charge on any atom is -0.370 e. The number of unbranched alkanes of at least 4 members (excludes halogenated alkanes) is 1. The van der Waals surface area contributed by atoms with Crippen LogP contribution in [-0.4, -0.2) is 132 Å². The third-order valence-electron chi connectivity index (χ3n) is 12.3. The fourth-order valence-corrected chi connectivity index (χ4v) is 8.39. The number of hydrogen-bond donors (Lipinski definition) is 16. The van der Waals surface area contributed by atoms with Crippen LogP contribution >= 0.6 is 0 Å². The SMILES string of the molecule is CCCC[C@H]1NC(=O)[C@@H](NC(=O)[C@H](CCCNC(=N)N)NC(C)=O)CC(=O)NCCCC[C@@H](C(N)=O)NC(=O)[C@H](Cc2c[nH]c3ccccc23)NC(=O)[C@H](CCCNC(=N)N)NC(=O)[C@@H](Cc2ccccc2)NC1=O. The molecule has 0 spiro atoms. The lowest BCUT2D eigenvalue weighted by Crippen LogP contribution is -2.60. The van der Waals surface area contributed by atoms with Gasteiger partial charge in [0.25, 0.3) is 0 Å². The zero-order valence-electron chi connectivity index (χ0n) is 42.5. The largest absolute Gasteiger partial charge is 0.370 e. The van der Waals surface area contributed by atoms with Gasteiger partial charge in [-0.15, -0.1) is 0 Å². The Kier molecular flexibility index (Phi) is 24.3. The molecule has 1 fully saturated rings. The lowest BCUT2D eigenvalue weighted by Gasteiger charge is -2.28. The number of guanidine groups is 2. The first-order valence-electron chi connectivity index (χ1n) is 25.2. The van der Waals surface area contributed by atoms with Crippen LogP contribution in [0, 0.1) is 10.8 Å². The van der Waals surface area contributed by atoms with E-state index in [1.54, 1.807) is 36.5 Å². The van der Waals surface area contributed by atoms with Crippen molar-refractivity contribution in [2.75, 3.05) is 19.6 Å². The maximum absolute atomic E-state index is 14.6. The normalized spacial score (nSPS) is 21.1. The number of benzene rings is 2. The van der Waals surface area contributed by atoms with Crippen molar-refractivity contribution in [2.45, 2.75) is 140 Å². The van der Waals surface area contributed by atoms with Crippen LogP contribution in [0.25, 0.3) is 10.9 Å². The number of carbonyl (C=O) groups excluding carboxylic acids is 9. The van der Waals surface area contributed by atoms with Gasteiger partial charge >= 0.3 is 0 Å². The molecule has 2 aromatic carbocycles. The number of primary amides is 1. The highest BCUT2D eigenvalue weighted by Gasteiger charge is 2.35. The van der Waals surface area contributed by atoms with E-state index < -0.39 is 102 Å². The minimum atomic E-state index is -1.59. The number of carbonyl (C=O) groups is 9. The number of hydrogen-bond acceptors (Lipinski definition) is 11. The quantitative estimate of drug-likeness (QED) is 0.0361. The Hall–Kier alpha value is -8.25. The average Bonchev–Trinajstić information content (AvgIpc) is 3.77. The summed E-state index contributed by atoms with van der Waals surface area (Å²) < 4.78 is 0. The molecule has 1 aromatic heterocycles. The van der Waals surface area contributed by atoms with E-state index in [9.17, 15) is 43.2 Å². The van der Waals surface area contributed by atoms with E-state index in [-0.39, 0.29) is 95.8 Å². The first-order chi connectivity index (χ1) is 35.8. The Balaban J connectivity index is 1.76. The number of amides is 9. The van der Waals surface area contributed by atoms with Crippen molar-refractivity contribution < 1.29 is 43.2 Å². The Morgan fingerprint density at radius 2 is 1.27 bits per heavy atom. The summed E-state index contributed by atoms with van der Waals surface area (Å²) in [5.74, 6) is -7.57. The van der Waals surface area contributed by atoms with Crippen LogP contribution in [0.15, 0.2) is 60.8 Å². The van der Waals surface area contributed by atoms with Crippen molar-refractivity contribution in [3.8, 4) is 0 Å². The first kappa shape index (κ1) is 59.3. The third kappa shape index (κ3) is 20.7. The molecule has 19 N–H and O–H groups in total. The van der Waals surface area contributed by atoms with Gasteiger partial charge in [-0.1, -0.05) is 68.3 Å². The molecule has 1 aliphatic rings. The standard InChI is InChI=1S/C50H74N16O9/c1-3-4-17-36-44(71)64-38(25-30-14-6-5-7-15-30)46(73)63-37(21-13-24-58-50(54)55)45(72)65-39(26-31-28-59-33-18-9-8-16-32(31)33)47(74)61-34(42(51)69)19-10-11-22-56-41(68)27-40(48(75)62-36)66-43(70)35(60-29(2)67)20-12-23-57-49(52)53/h5-9,14-16,18,28,34-40,59H,3-4,10-13,17,19-27H2,1-2H3,(H2,51,69)(H,56,68)(H,60,67)(H,61,74)(H,62,75)(H,63,73)(H,64,71)(H,65,72)(H,66,70)(H4,52,53,57)(H4,54,55,58)/t34-,35-,36+,37-,38+,39-,40-/m0/s1. The lowest BCUT2D eigenvalue weighted by molar-refractivity contribution is -0.136. The first-order valence-corrected chi connectivity index (χ1v) is 25.2. The molecule has 408 valence electrons. The number of nitrogens with one attached hydrogen (secondary N) is 13. The second-order valence-electron chi connectivity index (χ2n) is 18.4. The van der Waals surface area contributed by atoms with E-state index in [4.69, 9.17) is 28.0 Å². The average molecular weight is 1040 g/mol. The molecular weight excluding hydrogens is 969 g/mol. The van der Waals surface area contributed by atoms with Crippen molar-refractivity contribution >= 4 is 76.0 Å². The van der Waals surface area contributed by atoms with Gasteiger partial charge < -0.3 is 75.4 Å². The summed E-state index contributed by atoms with van der Waals surface area (Å²) in [6, 6.07) is 6.72. The Labute approximate surface area is 435 Å². The van der Waals surface area contributed by atoms with Gasteiger partial charge in [0.2, 0.25) is 53.2 Å². The maximum Gasteiger partial charge on any atom is 0.243 e. The summed E-state index contributed by atoms with van der Waals surface area (Å²) in [5.41, 5.74) is 18.7. The van der Waals surface area contributed by atoms with Crippen LogP contribution in [-0.2, 0) is 56.0 Å². The molecule has 0 radical (unpaired) electrons. The molecule has 0 unspecified atom stereocenters. The maximum atomic E-state index is 14.6. The van der Waals surface area contributed by atoms with Gasteiger partial charge in [-0.3, -0.25) is 54.0 Å². The molecule has 0 saturated carbocycles. The molecule has 25 heteroatoms. The molecular formula is C50H74N16O9. The summed E-state index contributed by atoms with van der Waals surface area (Å²) in [6.07, 6.45) is 3.04. The van der Waals surface area contributed by atoms with Gasteiger partial charge in [-0.05, 0) is 68.6 Å². The molecule has 1 saturated heterocycles. The molecule has 7 atom stereocenters. The van der Waals surface area contributed by atoms with Gasteiger partial charge in [-0.25, -0.2) is 0 Å². The Bertz CT molecular complexity index is 2470. The number of para-hydroxylation sites is 1. The van der Waals surface area contributed by atoms with Crippen molar-refractivity contribution in [3.63, 3.8) is 0 Å². The van der Waals surface area contributed by atoms with Gasteiger partial charge in [0.15, 0.2) is 11.9 Å². The Morgan fingerprint density at radius 1 is 0.693 bits per heavy atom. The second kappa shape index (κ2) is 30.7. The molecule has 1 aliphatic heterocycles. The van der Waals surface area contributed by atoms with Crippen LogP contribution in [0.1, 0.15) is 95.6 Å². The highest BCUT2D eigenvalue weighted by Crippen LogP contribution is 2.20. The monoisotopic (exact) mass is 1040 g/mol. The number of fused-ring (bicyclic) bond motifs is 1. The van der Waals surface area contributed by atoms with E-state index in [1.165, 1.54) is 6.92 Å². The van der Waals surface area contributed by atoms with Crippen LogP contribution in [0.3, 0.4) is 0 Å². The number of aromatic amines is 1. The highest BCUT2D eigenvalue weighted by molar-refractivity contribution is 5.99. The minimum absolute atomic E-state index is 0.0308. The molecule has 0 aliphatic carbocycles.